The number of aromatic nitrogens is 7. The average Bonchev–Trinajstić information content (AvgIpc) is 3.38. The molecule has 0 aliphatic carbocycles. The van der Waals surface area contributed by atoms with E-state index >= 15 is 0 Å². The quantitative estimate of drug-likeness (QED) is 0.522. The van der Waals surface area contributed by atoms with Crippen LogP contribution in [0.2, 0.25) is 0 Å². The maximum atomic E-state index is 4.81. The van der Waals surface area contributed by atoms with Gasteiger partial charge in [0.15, 0.2) is 11.5 Å². The first-order chi connectivity index (χ1) is 14.3. The van der Waals surface area contributed by atoms with Gasteiger partial charge < -0.3 is 9.47 Å². The van der Waals surface area contributed by atoms with E-state index in [1.165, 1.54) is 0 Å². The van der Waals surface area contributed by atoms with Crippen molar-refractivity contribution in [2.45, 2.75) is 25.2 Å². The highest BCUT2D eigenvalue weighted by atomic mass is 15.4. The van der Waals surface area contributed by atoms with E-state index in [0.717, 1.165) is 67.5 Å². The first-order valence-electron chi connectivity index (χ1n) is 10.1. The summed E-state index contributed by atoms with van der Waals surface area (Å²) in [5.41, 5.74) is 2.68. The summed E-state index contributed by atoms with van der Waals surface area (Å²) in [6.07, 6.45) is 10.6. The van der Waals surface area contributed by atoms with Crippen molar-refractivity contribution in [3.63, 3.8) is 0 Å². The molecule has 5 heterocycles. The van der Waals surface area contributed by atoms with Gasteiger partial charge in [-0.05, 0) is 50.2 Å². The van der Waals surface area contributed by atoms with Gasteiger partial charge in [-0.1, -0.05) is 0 Å². The van der Waals surface area contributed by atoms with Crippen LogP contribution in [0.15, 0.2) is 49.1 Å². The summed E-state index contributed by atoms with van der Waals surface area (Å²) in [7, 11) is 2.05. The molecule has 0 radical (unpaired) electrons. The minimum Gasteiger partial charge on any atom is -0.338 e. The number of hydrogen-bond acceptors (Lipinski definition) is 6. The number of imidazole rings is 1. The van der Waals surface area contributed by atoms with Gasteiger partial charge in [0, 0.05) is 56.3 Å². The molecule has 0 amide bonds. The van der Waals surface area contributed by atoms with E-state index in [-0.39, 0.29) is 0 Å². The standard InChI is InChI=1S/C21H24N8/c1-27-14-10-23-19(27)8-13-28-11-6-16(7-12-28)21-25-24-20-5-4-18(26-29(20)21)17-3-2-9-22-15-17/h2-5,9-10,14-16H,6-8,11-13H2,1H3. The zero-order chi connectivity index (χ0) is 19.6. The van der Waals surface area contributed by atoms with Crippen LogP contribution in [0.1, 0.15) is 30.4 Å². The molecule has 1 fully saturated rings. The molecule has 5 rings (SSSR count). The van der Waals surface area contributed by atoms with Crippen molar-refractivity contribution >= 4 is 5.65 Å². The van der Waals surface area contributed by atoms with Gasteiger partial charge in [-0.2, -0.15) is 9.61 Å². The van der Waals surface area contributed by atoms with Crippen LogP contribution >= 0.6 is 0 Å². The van der Waals surface area contributed by atoms with Gasteiger partial charge in [-0.15, -0.1) is 10.2 Å². The van der Waals surface area contributed by atoms with E-state index in [9.17, 15) is 0 Å². The fourth-order valence-electron chi connectivity index (χ4n) is 4.04. The van der Waals surface area contributed by atoms with Gasteiger partial charge in [0.1, 0.15) is 5.82 Å². The Balaban J connectivity index is 1.28. The van der Waals surface area contributed by atoms with Crippen LogP contribution in [-0.4, -0.2) is 58.9 Å². The topological polar surface area (TPSA) is 77.0 Å². The van der Waals surface area contributed by atoms with Crippen LogP contribution in [-0.2, 0) is 13.5 Å². The molecule has 0 bridgehead atoms. The molecule has 0 unspecified atom stereocenters. The summed E-state index contributed by atoms with van der Waals surface area (Å²) in [4.78, 5) is 11.1. The average molecular weight is 388 g/mol. The Hall–Kier alpha value is -3.13. The van der Waals surface area contributed by atoms with Crippen LogP contribution in [0, 0.1) is 0 Å². The van der Waals surface area contributed by atoms with E-state index in [4.69, 9.17) is 5.10 Å². The fourth-order valence-corrected chi connectivity index (χ4v) is 4.04. The Kier molecular flexibility index (Phi) is 4.77. The minimum absolute atomic E-state index is 0.381. The van der Waals surface area contributed by atoms with Crippen molar-refractivity contribution < 1.29 is 0 Å². The van der Waals surface area contributed by atoms with Crippen molar-refractivity contribution in [3.05, 3.63) is 60.7 Å². The van der Waals surface area contributed by atoms with E-state index in [1.54, 1.807) is 6.20 Å². The summed E-state index contributed by atoms with van der Waals surface area (Å²) < 4.78 is 4.01. The molecule has 4 aromatic rings. The van der Waals surface area contributed by atoms with Crippen molar-refractivity contribution in [2.24, 2.45) is 7.05 Å². The largest absolute Gasteiger partial charge is 0.338 e. The van der Waals surface area contributed by atoms with Crippen LogP contribution in [0.25, 0.3) is 16.9 Å². The number of hydrogen-bond donors (Lipinski definition) is 0. The Bertz CT molecular complexity index is 1090. The van der Waals surface area contributed by atoms with Crippen molar-refractivity contribution in [2.75, 3.05) is 19.6 Å². The Morgan fingerprint density at radius 2 is 1.97 bits per heavy atom. The highest BCUT2D eigenvalue weighted by molar-refractivity contribution is 5.58. The first-order valence-corrected chi connectivity index (χ1v) is 10.1. The smallest absolute Gasteiger partial charge is 0.177 e. The highest BCUT2D eigenvalue weighted by Crippen LogP contribution is 2.27. The highest BCUT2D eigenvalue weighted by Gasteiger charge is 2.25. The third-order valence-electron chi connectivity index (χ3n) is 5.77. The monoisotopic (exact) mass is 388 g/mol. The van der Waals surface area contributed by atoms with E-state index < -0.39 is 0 Å². The predicted octanol–water partition coefficient (Wildman–Crippen LogP) is 2.34. The molecule has 8 nitrogen and oxygen atoms in total. The summed E-state index contributed by atoms with van der Waals surface area (Å²) in [6.45, 7) is 3.17. The molecule has 0 N–H and O–H groups in total. The van der Waals surface area contributed by atoms with E-state index in [2.05, 4.69) is 36.7 Å². The normalized spacial score (nSPS) is 15.9. The Labute approximate surface area is 169 Å². The van der Waals surface area contributed by atoms with Crippen molar-refractivity contribution in [1.29, 1.82) is 0 Å². The lowest BCUT2D eigenvalue weighted by Gasteiger charge is -2.30. The fraction of sp³-hybridized carbons (Fsp3) is 0.381. The number of nitrogens with zero attached hydrogens (tertiary/aromatic N) is 8. The lowest BCUT2D eigenvalue weighted by atomic mass is 9.96. The lowest BCUT2D eigenvalue weighted by molar-refractivity contribution is 0.209. The molecule has 4 aromatic heterocycles. The van der Waals surface area contributed by atoms with Crippen molar-refractivity contribution in [3.8, 4) is 11.3 Å². The molecule has 1 aliphatic rings. The number of likely N-dealkylation sites (tertiary alicyclic amines) is 1. The van der Waals surface area contributed by atoms with E-state index in [0.29, 0.717) is 5.92 Å². The maximum Gasteiger partial charge on any atom is 0.177 e. The second-order valence-corrected chi connectivity index (χ2v) is 7.61. The molecule has 0 saturated carbocycles. The van der Waals surface area contributed by atoms with Crippen LogP contribution in [0.5, 0.6) is 0 Å². The maximum absolute atomic E-state index is 4.81. The molecule has 0 atom stereocenters. The van der Waals surface area contributed by atoms with Gasteiger partial charge in [0.25, 0.3) is 0 Å². The number of aryl methyl sites for hydroxylation is 1. The lowest BCUT2D eigenvalue weighted by Crippen LogP contribution is -2.35. The first kappa shape index (κ1) is 17.9. The predicted molar refractivity (Wildman–Crippen MR) is 109 cm³/mol. The third-order valence-corrected chi connectivity index (χ3v) is 5.77. The Morgan fingerprint density at radius 1 is 1.07 bits per heavy atom. The minimum atomic E-state index is 0.381. The Morgan fingerprint density at radius 3 is 2.72 bits per heavy atom. The molecule has 0 spiro atoms. The van der Waals surface area contributed by atoms with Gasteiger partial charge in [0.05, 0.1) is 5.69 Å². The molecular weight excluding hydrogens is 364 g/mol. The molecule has 1 aliphatic heterocycles. The number of rotatable bonds is 5. The summed E-state index contributed by atoms with van der Waals surface area (Å²) >= 11 is 0. The van der Waals surface area contributed by atoms with Crippen molar-refractivity contribution in [1.82, 2.24) is 39.2 Å². The van der Waals surface area contributed by atoms with Gasteiger partial charge in [-0.3, -0.25) is 4.98 Å². The third kappa shape index (κ3) is 3.63. The van der Waals surface area contributed by atoms with Crippen LogP contribution in [0.3, 0.4) is 0 Å². The number of piperidine rings is 1. The zero-order valence-corrected chi connectivity index (χ0v) is 16.5. The molecule has 29 heavy (non-hydrogen) atoms. The molecule has 8 heteroatoms. The van der Waals surface area contributed by atoms with E-state index in [1.807, 2.05) is 47.4 Å². The van der Waals surface area contributed by atoms with Gasteiger partial charge in [0.2, 0.25) is 0 Å². The second kappa shape index (κ2) is 7.71. The SMILES string of the molecule is Cn1ccnc1CCN1CCC(c2nnc3ccc(-c4cccnc4)nn23)CC1. The zero-order valence-electron chi connectivity index (χ0n) is 16.5. The summed E-state index contributed by atoms with van der Waals surface area (Å²) in [6, 6.07) is 7.90. The molecule has 0 aromatic carbocycles. The molecular formula is C21H24N8. The summed E-state index contributed by atoms with van der Waals surface area (Å²) in [5, 5.41) is 13.6. The second-order valence-electron chi connectivity index (χ2n) is 7.61. The number of pyridine rings is 1. The molecule has 1 saturated heterocycles. The van der Waals surface area contributed by atoms with Gasteiger partial charge in [-0.25, -0.2) is 4.98 Å². The van der Waals surface area contributed by atoms with Crippen LogP contribution < -0.4 is 0 Å². The molecule has 148 valence electrons. The van der Waals surface area contributed by atoms with Gasteiger partial charge >= 0.3 is 0 Å². The van der Waals surface area contributed by atoms with Crippen LogP contribution in [0.4, 0.5) is 0 Å². The number of fused-ring (bicyclic) bond motifs is 1. The summed E-state index contributed by atoms with van der Waals surface area (Å²) in [5.74, 6) is 2.49.